The summed E-state index contributed by atoms with van der Waals surface area (Å²) in [4.78, 5) is 6.22. The summed E-state index contributed by atoms with van der Waals surface area (Å²) in [6.07, 6.45) is 2.59. The average Bonchev–Trinajstić information content (AvgIpc) is 2.36. The molecule has 0 spiro atoms. The minimum atomic E-state index is -0.310. The lowest BCUT2D eigenvalue weighted by atomic mass is 10.2. The monoisotopic (exact) mass is 245 g/mol. The Bertz CT molecular complexity index is 493. The van der Waals surface area contributed by atoms with Gasteiger partial charge in [0.15, 0.2) is 0 Å². The van der Waals surface area contributed by atoms with Crippen LogP contribution in [0, 0.1) is 5.82 Å². The zero-order chi connectivity index (χ0) is 13.0. The molecule has 0 radical (unpaired) electrons. The minimum Gasteiger partial charge on any atom is -0.399 e. The second-order valence-electron chi connectivity index (χ2n) is 4.24. The Morgan fingerprint density at radius 2 is 2.11 bits per heavy atom. The fraction of sp³-hybridized carbons (Fsp3) is 0.214. The van der Waals surface area contributed by atoms with Gasteiger partial charge in [0.25, 0.3) is 0 Å². The molecule has 0 saturated carbocycles. The van der Waals surface area contributed by atoms with E-state index in [2.05, 4.69) is 4.98 Å². The molecule has 0 bridgehead atoms. The number of nitrogens with zero attached hydrogens (tertiary/aromatic N) is 2. The van der Waals surface area contributed by atoms with Crippen molar-refractivity contribution in [3.8, 4) is 0 Å². The molecule has 1 aromatic heterocycles. The Morgan fingerprint density at radius 1 is 1.28 bits per heavy atom. The van der Waals surface area contributed by atoms with Crippen molar-refractivity contribution < 1.29 is 4.39 Å². The van der Waals surface area contributed by atoms with Crippen LogP contribution in [0.1, 0.15) is 5.69 Å². The molecule has 0 aliphatic heterocycles. The Hall–Kier alpha value is -2.10. The largest absolute Gasteiger partial charge is 0.399 e. The van der Waals surface area contributed by atoms with Crippen molar-refractivity contribution >= 4 is 11.4 Å². The predicted octanol–water partition coefficient (Wildman–Crippen LogP) is 2.48. The first-order valence-corrected chi connectivity index (χ1v) is 5.82. The van der Waals surface area contributed by atoms with Gasteiger partial charge in [-0.25, -0.2) is 4.39 Å². The minimum absolute atomic E-state index is 0.310. The Labute approximate surface area is 106 Å². The van der Waals surface area contributed by atoms with Crippen molar-refractivity contribution in [2.24, 2.45) is 0 Å². The lowest BCUT2D eigenvalue weighted by molar-refractivity contribution is 0.628. The van der Waals surface area contributed by atoms with Crippen LogP contribution in [-0.4, -0.2) is 18.6 Å². The van der Waals surface area contributed by atoms with Crippen LogP contribution in [0.15, 0.2) is 42.6 Å². The van der Waals surface area contributed by atoms with Gasteiger partial charge in [0.1, 0.15) is 5.82 Å². The van der Waals surface area contributed by atoms with E-state index < -0.39 is 0 Å². The van der Waals surface area contributed by atoms with Crippen molar-refractivity contribution in [2.45, 2.75) is 6.42 Å². The molecular formula is C14H16FN3. The molecule has 0 amide bonds. The number of hydrogen-bond acceptors (Lipinski definition) is 3. The number of halogens is 1. The van der Waals surface area contributed by atoms with Crippen LogP contribution < -0.4 is 10.6 Å². The second kappa shape index (κ2) is 5.49. The zero-order valence-electron chi connectivity index (χ0n) is 10.3. The Kier molecular flexibility index (Phi) is 3.77. The number of nitrogens with two attached hydrogens (primary N) is 1. The van der Waals surface area contributed by atoms with E-state index in [4.69, 9.17) is 5.73 Å². The average molecular weight is 245 g/mol. The smallest absolute Gasteiger partial charge is 0.127 e. The lowest BCUT2D eigenvalue weighted by Crippen LogP contribution is -2.20. The fourth-order valence-electron chi connectivity index (χ4n) is 1.77. The topological polar surface area (TPSA) is 42.2 Å². The van der Waals surface area contributed by atoms with Crippen LogP contribution >= 0.6 is 0 Å². The first kappa shape index (κ1) is 12.4. The maximum absolute atomic E-state index is 13.2. The van der Waals surface area contributed by atoms with E-state index in [1.165, 1.54) is 12.1 Å². The van der Waals surface area contributed by atoms with E-state index in [1.54, 1.807) is 12.3 Å². The van der Waals surface area contributed by atoms with E-state index in [-0.39, 0.29) is 5.82 Å². The van der Waals surface area contributed by atoms with Gasteiger partial charge in [0, 0.05) is 43.3 Å². The maximum atomic E-state index is 13.2. The third-order valence-electron chi connectivity index (χ3n) is 2.78. The van der Waals surface area contributed by atoms with Crippen LogP contribution in [-0.2, 0) is 6.42 Å². The van der Waals surface area contributed by atoms with Crippen molar-refractivity contribution in [3.05, 3.63) is 54.1 Å². The molecule has 1 aromatic carbocycles. The number of hydrogen-bond donors (Lipinski definition) is 1. The summed E-state index contributed by atoms with van der Waals surface area (Å²) >= 11 is 0. The SMILES string of the molecule is CN(CCc1ccccn1)c1cc(N)cc(F)c1. The number of likely N-dealkylation sites (N-methyl/N-ethyl adjacent to an activating group) is 1. The highest BCUT2D eigenvalue weighted by Gasteiger charge is 2.04. The van der Waals surface area contributed by atoms with E-state index in [1.807, 2.05) is 30.1 Å². The molecule has 18 heavy (non-hydrogen) atoms. The third kappa shape index (κ3) is 3.20. The van der Waals surface area contributed by atoms with Gasteiger partial charge >= 0.3 is 0 Å². The van der Waals surface area contributed by atoms with Crippen molar-refractivity contribution in [1.29, 1.82) is 0 Å². The molecule has 1 heterocycles. The van der Waals surface area contributed by atoms with Crippen molar-refractivity contribution in [1.82, 2.24) is 4.98 Å². The summed E-state index contributed by atoms with van der Waals surface area (Å²) in [5.41, 5.74) is 7.87. The van der Waals surface area contributed by atoms with Crippen LogP contribution in [0.3, 0.4) is 0 Å². The van der Waals surface area contributed by atoms with Gasteiger partial charge in [0.2, 0.25) is 0 Å². The molecule has 94 valence electrons. The van der Waals surface area contributed by atoms with Gasteiger partial charge in [-0.15, -0.1) is 0 Å². The normalized spacial score (nSPS) is 10.3. The number of nitrogen functional groups attached to an aromatic ring is 1. The third-order valence-corrected chi connectivity index (χ3v) is 2.78. The Morgan fingerprint density at radius 3 is 2.78 bits per heavy atom. The van der Waals surface area contributed by atoms with Gasteiger partial charge in [-0.2, -0.15) is 0 Å². The number of rotatable bonds is 4. The molecule has 2 aromatic rings. The predicted molar refractivity (Wildman–Crippen MR) is 72.0 cm³/mol. The van der Waals surface area contributed by atoms with E-state index in [9.17, 15) is 4.39 Å². The summed E-state index contributed by atoms with van der Waals surface area (Å²) in [6.45, 7) is 0.764. The molecule has 4 heteroatoms. The van der Waals surface area contributed by atoms with Crippen LogP contribution in [0.25, 0.3) is 0 Å². The van der Waals surface area contributed by atoms with Gasteiger partial charge < -0.3 is 10.6 Å². The molecule has 0 atom stereocenters. The van der Waals surface area contributed by atoms with E-state index in [0.717, 1.165) is 24.3 Å². The van der Waals surface area contributed by atoms with E-state index in [0.29, 0.717) is 5.69 Å². The number of pyridine rings is 1. The summed E-state index contributed by atoms with van der Waals surface area (Å²) in [7, 11) is 1.91. The summed E-state index contributed by atoms with van der Waals surface area (Å²) < 4.78 is 13.2. The van der Waals surface area contributed by atoms with Crippen molar-refractivity contribution in [2.75, 3.05) is 24.2 Å². The van der Waals surface area contributed by atoms with Gasteiger partial charge in [0.05, 0.1) is 0 Å². The molecular weight excluding hydrogens is 229 g/mol. The molecule has 0 unspecified atom stereocenters. The zero-order valence-corrected chi connectivity index (χ0v) is 10.3. The van der Waals surface area contributed by atoms with Gasteiger partial charge in [-0.05, 0) is 30.3 Å². The van der Waals surface area contributed by atoms with Crippen LogP contribution in [0.4, 0.5) is 15.8 Å². The quantitative estimate of drug-likeness (QED) is 0.841. The van der Waals surface area contributed by atoms with Crippen LogP contribution in [0.2, 0.25) is 0 Å². The lowest BCUT2D eigenvalue weighted by Gasteiger charge is -2.19. The molecule has 2 rings (SSSR count). The number of anilines is 2. The summed E-state index contributed by atoms with van der Waals surface area (Å²) in [5.74, 6) is -0.310. The van der Waals surface area contributed by atoms with Gasteiger partial charge in [-0.3, -0.25) is 4.98 Å². The summed E-state index contributed by atoms with van der Waals surface area (Å²) in [5, 5.41) is 0. The second-order valence-corrected chi connectivity index (χ2v) is 4.24. The highest BCUT2D eigenvalue weighted by molar-refractivity contribution is 5.56. The molecule has 3 nitrogen and oxygen atoms in total. The molecule has 0 fully saturated rings. The highest BCUT2D eigenvalue weighted by atomic mass is 19.1. The van der Waals surface area contributed by atoms with Gasteiger partial charge in [-0.1, -0.05) is 6.07 Å². The first-order chi connectivity index (χ1) is 8.65. The maximum Gasteiger partial charge on any atom is 0.127 e. The van der Waals surface area contributed by atoms with Crippen molar-refractivity contribution in [3.63, 3.8) is 0 Å². The fourth-order valence-corrected chi connectivity index (χ4v) is 1.77. The number of benzene rings is 1. The summed E-state index contributed by atoms with van der Waals surface area (Å²) in [6, 6.07) is 10.4. The molecule has 2 N–H and O–H groups in total. The standard InChI is InChI=1S/C14H16FN3/c1-18(7-5-13-4-2-3-6-17-13)14-9-11(15)8-12(16)10-14/h2-4,6,8-10H,5,7,16H2,1H3. The molecule has 0 aliphatic carbocycles. The number of aromatic nitrogens is 1. The Balaban J connectivity index is 2.01. The van der Waals surface area contributed by atoms with E-state index >= 15 is 0 Å². The molecule has 0 aliphatic rings. The highest BCUT2D eigenvalue weighted by Crippen LogP contribution is 2.19. The first-order valence-electron chi connectivity index (χ1n) is 5.82. The molecule has 0 saturated heterocycles. The van der Waals surface area contributed by atoms with Crippen LogP contribution in [0.5, 0.6) is 0 Å².